The van der Waals surface area contributed by atoms with Crippen LogP contribution in [-0.2, 0) is 14.3 Å². The highest BCUT2D eigenvalue weighted by atomic mass is 16.5. The number of carbonyl (C=O) groups excluding carboxylic acids is 2. The molecule has 1 fully saturated rings. The monoisotopic (exact) mass is 300 g/mol. The molecule has 0 aromatic heterocycles. The van der Waals surface area contributed by atoms with E-state index in [4.69, 9.17) is 4.74 Å². The summed E-state index contributed by atoms with van der Waals surface area (Å²) in [6.07, 6.45) is 1.44. The van der Waals surface area contributed by atoms with Crippen LogP contribution < -0.4 is 0 Å². The number of piperidine rings is 1. The Morgan fingerprint density at radius 2 is 1.81 bits per heavy atom. The van der Waals surface area contributed by atoms with E-state index in [1.807, 2.05) is 6.92 Å². The predicted molar refractivity (Wildman–Crippen MR) is 75.8 cm³/mol. The second-order valence-electron chi connectivity index (χ2n) is 5.37. The number of carbonyl (C=O) groups is 3. The molecule has 0 radical (unpaired) electrons. The number of hydrogen-bond donors (Lipinski definition) is 1. The van der Waals surface area contributed by atoms with E-state index in [1.54, 1.807) is 11.8 Å². The van der Waals surface area contributed by atoms with Gasteiger partial charge >= 0.3 is 18.0 Å². The second kappa shape index (κ2) is 7.28. The van der Waals surface area contributed by atoms with Gasteiger partial charge in [0.05, 0.1) is 12.0 Å². The summed E-state index contributed by atoms with van der Waals surface area (Å²) in [4.78, 5) is 37.8. The Morgan fingerprint density at radius 1 is 1.24 bits per heavy atom. The van der Waals surface area contributed by atoms with Crippen molar-refractivity contribution >= 4 is 18.0 Å². The molecule has 21 heavy (non-hydrogen) atoms. The minimum absolute atomic E-state index is 0.0962. The first-order chi connectivity index (χ1) is 9.86. The van der Waals surface area contributed by atoms with Crippen LogP contribution in [0.4, 0.5) is 4.79 Å². The number of esters is 1. The zero-order valence-corrected chi connectivity index (χ0v) is 12.9. The fraction of sp³-hybridized carbons (Fsp3) is 0.786. The van der Waals surface area contributed by atoms with Gasteiger partial charge in [-0.05, 0) is 26.2 Å². The zero-order valence-electron chi connectivity index (χ0n) is 12.9. The molecule has 1 saturated heterocycles. The van der Waals surface area contributed by atoms with Crippen molar-refractivity contribution in [2.45, 2.75) is 33.1 Å². The molecule has 1 heterocycles. The number of likely N-dealkylation sites (N-methyl/N-ethyl adjacent to an activating group) is 1. The van der Waals surface area contributed by atoms with Crippen molar-refractivity contribution in [2.24, 2.45) is 5.41 Å². The summed E-state index contributed by atoms with van der Waals surface area (Å²) in [6.45, 7) is 4.54. The van der Waals surface area contributed by atoms with Crippen LogP contribution in [0.15, 0.2) is 0 Å². The van der Waals surface area contributed by atoms with E-state index in [9.17, 15) is 19.5 Å². The van der Waals surface area contributed by atoms with Crippen molar-refractivity contribution in [1.82, 2.24) is 9.80 Å². The summed E-state index contributed by atoms with van der Waals surface area (Å²) in [5, 5.41) is 9.33. The van der Waals surface area contributed by atoms with Gasteiger partial charge in [-0.25, -0.2) is 4.79 Å². The molecule has 0 aromatic rings. The van der Waals surface area contributed by atoms with Gasteiger partial charge in [0.15, 0.2) is 0 Å². The number of urea groups is 1. The highest BCUT2D eigenvalue weighted by molar-refractivity contribution is 5.81. The fourth-order valence-corrected chi connectivity index (χ4v) is 2.55. The van der Waals surface area contributed by atoms with Crippen LogP contribution in [0.1, 0.15) is 33.1 Å². The Balaban J connectivity index is 2.55. The fourth-order valence-electron chi connectivity index (χ4n) is 2.55. The summed E-state index contributed by atoms with van der Waals surface area (Å²) >= 11 is 0. The second-order valence-corrected chi connectivity index (χ2v) is 5.37. The Labute approximate surface area is 124 Å². The molecule has 1 aliphatic rings. The minimum Gasteiger partial charge on any atom is -0.481 e. The van der Waals surface area contributed by atoms with E-state index in [-0.39, 0.29) is 19.2 Å². The molecule has 120 valence electrons. The normalized spacial score (nSPS) is 17.2. The SMILES string of the molecule is CCOC(=O)CN(C)C(=O)N1CCC(CC)(C(=O)O)CC1. The lowest BCUT2D eigenvalue weighted by molar-refractivity contribution is -0.152. The maximum absolute atomic E-state index is 12.2. The van der Waals surface area contributed by atoms with Gasteiger partial charge in [-0.3, -0.25) is 9.59 Å². The third-order valence-electron chi connectivity index (χ3n) is 4.12. The molecular weight excluding hydrogens is 276 g/mol. The summed E-state index contributed by atoms with van der Waals surface area (Å²) in [5.74, 6) is -1.24. The Bertz CT molecular complexity index is 402. The van der Waals surface area contributed by atoms with E-state index in [2.05, 4.69) is 0 Å². The molecule has 0 unspecified atom stereocenters. The van der Waals surface area contributed by atoms with Crippen molar-refractivity contribution in [3.63, 3.8) is 0 Å². The molecule has 1 N–H and O–H groups in total. The summed E-state index contributed by atoms with van der Waals surface area (Å²) in [6, 6.07) is -0.266. The highest BCUT2D eigenvalue weighted by Gasteiger charge is 2.41. The molecule has 0 aromatic carbocycles. The molecule has 0 spiro atoms. The van der Waals surface area contributed by atoms with Crippen molar-refractivity contribution < 1.29 is 24.2 Å². The van der Waals surface area contributed by atoms with Crippen molar-refractivity contribution in [3.8, 4) is 0 Å². The van der Waals surface area contributed by atoms with Crippen LogP contribution in [0, 0.1) is 5.41 Å². The van der Waals surface area contributed by atoms with Gasteiger partial charge in [-0.1, -0.05) is 6.92 Å². The van der Waals surface area contributed by atoms with Gasteiger partial charge in [-0.15, -0.1) is 0 Å². The highest BCUT2D eigenvalue weighted by Crippen LogP contribution is 2.35. The number of likely N-dealkylation sites (tertiary alicyclic amines) is 1. The quantitative estimate of drug-likeness (QED) is 0.770. The molecule has 0 bridgehead atoms. The van der Waals surface area contributed by atoms with E-state index >= 15 is 0 Å². The number of aliphatic carboxylic acids is 1. The minimum atomic E-state index is -0.794. The molecule has 0 atom stereocenters. The van der Waals surface area contributed by atoms with Gasteiger partial charge in [-0.2, -0.15) is 0 Å². The Hall–Kier alpha value is -1.79. The van der Waals surface area contributed by atoms with Gasteiger partial charge in [0.1, 0.15) is 6.54 Å². The van der Waals surface area contributed by atoms with Crippen molar-refractivity contribution in [2.75, 3.05) is 33.3 Å². The van der Waals surface area contributed by atoms with Crippen LogP contribution in [0.3, 0.4) is 0 Å². The van der Waals surface area contributed by atoms with Gasteiger partial charge < -0.3 is 19.6 Å². The lowest BCUT2D eigenvalue weighted by atomic mass is 9.76. The van der Waals surface area contributed by atoms with Crippen LogP contribution >= 0.6 is 0 Å². The smallest absolute Gasteiger partial charge is 0.325 e. The number of carboxylic acids is 1. The number of rotatable bonds is 5. The van der Waals surface area contributed by atoms with Crippen LogP contribution in [0.5, 0.6) is 0 Å². The number of amides is 2. The topological polar surface area (TPSA) is 87.2 Å². The van der Waals surface area contributed by atoms with Crippen LogP contribution in [0.25, 0.3) is 0 Å². The van der Waals surface area contributed by atoms with E-state index in [1.165, 1.54) is 11.9 Å². The number of carboxylic acid groups (broad SMARTS) is 1. The molecule has 7 heteroatoms. The number of nitrogens with zero attached hydrogens (tertiary/aromatic N) is 2. The van der Waals surface area contributed by atoms with E-state index in [0.29, 0.717) is 32.4 Å². The predicted octanol–water partition coefficient (Wildman–Crippen LogP) is 1.18. The number of ether oxygens (including phenoxy) is 1. The molecule has 1 aliphatic heterocycles. The number of hydrogen-bond acceptors (Lipinski definition) is 4. The first-order valence-corrected chi connectivity index (χ1v) is 7.25. The third-order valence-corrected chi connectivity index (χ3v) is 4.12. The van der Waals surface area contributed by atoms with E-state index in [0.717, 1.165) is 0 Å². The molecule has 2 amide bonds. The summed E-state index contributed by atoms with van der Waals surface area (Å²) < 4.78 is 4.80. The van der Waals surface area contributed by atoms with E-state index < -0.39 is 17.4 Å². The maximum atomic E-state index is 12.2. The lowest BCUT2D eigenvalue weighted by Crippen LogP contribution is -2.50. The zero-order chi connectivity index (χ0) is 16.0. The third kappa shape index (κ3) is 4.09. The first kappa shape index (κ1) is 17.3. The standard InChI is InChI=1S/C14H24N2O5/c1-4-14(12(18)19)6-8-16(9-7-14)13(20)15(3)10-11(17)21-5-2/h4-10H2,1-3H3,(H,18,19). The van der Waals surface area contributed by atoms with Crippen molar-refractivity contribution in [1.29, 1.82) is 0 Å². The molecule has 1 rings (SSSR count). The maximum Gasteiger partial charge on any atom is 0.325 e. The average Bonchev–Trinajstić information content (AvgIpc) is 2.46. The van der Waals surface area contributed by atoms with Crippen LogP contribution in [-0.4, -0.2) is 66.2 Å². The van der Waals surface area contributed by atoms with Gasteiger partial charge in [0.25, 0.3) is 0 Å². The van der Waals surface area contributed by atoms with Gasteiger partial charge in [0.2, 0.25) is 0 Å². The molecular formula is C14H24N2O5. The summed E-state index contributed by atoms with van der Waals surface area (Å²) in [5.41, 5.74) is -0.726. The molecule has 7 nitrogen and oxygen atoms in total. The van der Waals surface area contributed by atoms with Crippen molar-refractivity contribution in [3.05, 3.63) is 0 Å². The lowest BCUT2D eigenvalue weighted by Gasteiger charge is -2.39. The Kier molecular flexibility index (Phi) is 5.99. The molecule has 0 aliphatic carbocycles. The Morgan fingerprint density at radius 3 is 2.24 bits per heavy atom. The largest absolute Gasteiger partial charge is 0.481 e. The average molecular weight is 300 g/mol. The van der Waals surface area contributed by atoms with Crippen LogP contribution in [0.2, 0.25) is 0 Å². The van der Waals surface area contributed by atoms with Gasteiger partial charge in [0, 0.05) is 20.1 Å². The molecule has 0 saturated carbocycles. The summed E-state index contributed by atoms with van der Waals surface area (Å²) in [7, 11) is 1.54. The first-order valence-electron chi connectivity index (χ1n) is 7.25.